The predicted molar refractivity (Wildman–Crippen MR) is 71.3 cm³/mol. The number of hydrogen-bond acceptors (Lipinski definition) is 3. The Balaban J connectivity index is 2.27. The lowest BCUT2D eigenvalue weighted by atomic mass is 10.1. The summed E-state index contributed by atoms with van der Waals surface area (Å²) in [6.45, 7) is 3.41. The minimum absolute atomic E-state index is 0.323. The van der Waals surface area contributed by atoms with Gasteiger partial charge >= 0.3 is 0 Å². The van der Waals surface area contributed by atoms with E-state index in [0.29, 0.717) is 11.6 Å². The van der Waals surface area contributed by atoms with Crippen molar-refractivity contribution in [2.45, 2.75) is 25.5 Å². The summed E-state index contributed by atoms with van der Waals surface area (Å²) in [5.74, 6) is -0.323. The van der Waals surface area contributed by atoms with Gasteiger partial charge in [0, 0.05) is 30.4 Å². The van der Waals surface area contributed by atoms with E-state index in [2.05, 4.69) is 23.9 Å². The Kier molecular flexibility index (Phi) is 3.88. The van der Waals surface area contributed by atoms with Crippen LogP contribution in [0.15, 0.2) is 18.2 Å². The molecule has 1 fully saturated rings. The number of rotatable bonds is 3. The summed E-state index contributed by atoms with van der Waals surface area (Å²) in [5.41, 5.74) is 1.24. The van der Waals surface area contributed by atoms with Crippen LogP contribution in [0.3, 0.4) is 0 Å². The summed E-state index contributed by atoms with van der Waals surface area (Å²) in [6, 6.07) is 5.50. The Bertz CT molecular complexity index is 420. The van der Waals surface area contributed by atoms with Crippen LogP contribution in [0.2, 0.25) is 0 Å². The van der Waals surface area contributed by atoms with E-state index in [4.69, 9.17) is 0 Å². The summed E-state index contributed by atoms with van der Waals surface area (Å²) < 4.78 is 13.8. The minimum Gasteiger partial charge on any atom is -0.389 e. The lowest BCUT2D eigenvalue weighted by Crippen LogP contribution is -2.31. The van der Waals surface area contributed by atoms with Gasteiger partial charge in [-0.15, -0.1) is 0 Å². The molecule has 0 aromatic heterocycles. The molecule has 0 amide bonds. The number of hydrogen-bond donors (Lipinski definition) is 1. The third-order valence-corrected chi connectivity index (χ3v) is 3.68. The fraction of sp³-hybridized carbons (Fsp3) is 0.571. The molecule has 0 bridgehead atoms. The number of anilines is 1. The van der Waals surface area contributed by atoms with E-state index in [-0.39, 0.29) is 5.82 Å². The first-order valence-electron chi connectivity index (χ1n) is 6.38. The Morgan fingerprint density at radius 2 is 2.17 bits per heavy atom. The van der Waals surface area contributed by atoms with Crippen LogP contribution in [0.25, 0.3) is 0 Å². The molecule has 2 rings (SSSR count). The first-order valence-corrected chi connectivity index (χ1v) is 6.38. The molecule has 1 N–H and O–H groups in total. The number of aliphatic hydroxyl groups is 1. The maximum atomic E-state index is 13.8. The lowest BCUT2D eigenvalue weighted by Gasteiger charge is -2.25. The van der Waals surface area contributed by atoms with Crippen LogP contribution in [-0.4, -0.2) is 43.2 Å². The average Bonchev–Trinajstić information content (AvgIpc) is 2.77. The molecule has 0 aliphatic carbocycles. The van der Waals surface area contributed by atoms with Gasteiger partial charge in [0.2, 0.25) is 0 Å². The van der Waals surface area contributed by atoms with E-state index in [1.807, 2.05) is 6.07 Å². The summed E-state index contributed by atoms with van der Waals surface area (Å²) in [4.78, 5) is 4.36. The topological polar surface area (TPSA) is 26.7 Å². The summed E-state index contributed by atoms with van der Waals surface area (Å²) >= 11 is 0. The van der Waals surface area contributed by atoms with E-state index in [1.54, 1.807) is 13.0 Å². The van der Waals surface area contributed by atoms with Crippen molar-refractivity contribution < 1.29 is 9.50 Å². The van der Waals surface area contributed by atoms with Crippen LogP contribution in [0.5, 0.6) is 0 Å². The molecule has 1 heterocycles. The first kappa shape index (κ1) is 13.3. The van der Waals surface area contributed by atoms with E-state index in [9.17, 15) is 9.50 Å². The molecule has 2 atom stereocenters. The van der Waals surface area contributed by atoms with Crippen molar-refractivity contribution in [3.8, 4) is 0 Å². The summed E-state index contributed by atoms with van der Waals surface area (Å²) in [7, 11) is 4.13. The van der Waals surface area contributed by atoms with E-state index >= 15 is 0 Å². The van der Waals surface area contributed by atoms with Crippen molar-refractivity contribution in [2.75, 3.05) is 32.1 Å². The molecular formula is C14H21FN2O. The van der Waals surface area contributed by atoms with Crippen LogP contribution in [0.4, 0.5) is 10.1 Å². The van der Waals surface area contributed by atoms with Crippen molar-refractivity contribution in [1.82, 2.24) is 4.90 Å². The van der Waals surface area contributed by atoms with Crippen LogP contribution < -0.4 is 4.90 Å². The fourth-order valence-electron chi connectivity index (χ4n) is 2.60. The highest BCUT2D eigenvalue weighted by molar-refractivity contribution is 5.56. The quantitative estimate of drug-likeness (QED) is 0.891. The van der Waals surface area contributed by atoms with Crippen LogP contribution in [0, 0.1) is 5.82 Å². The second-order valence-electron chi connectivity index (χ2n) is 5.20. The van der Waals surface area contributed by atoms with Crippen molar-refractivity contribution in [3.63, 3.8) is 0 Å². The highest BCUT2D eigenvalue weighted by Gasteiger charge is 2.27. The molecule has 3 nitrogen and oxygen atoms in total. The van der Waals surface area contributed by atoms with Gasteiger partial charge in [-0.1, -0.05) is 6.07 Å². The van der Waals surface area contributed by atoms with E-state index in [1.165, 1.54) is 6.07 Å². The molecule has 100 valence electrons. The molecule has 1 saturated heterocycles. The first-order chi connectivity index (χ1) is 8.50. The van der Waals surface area contributed by atoms with Gasteiger partial charge in [0.15, 0.2) is 0 Å². The summed E-state index contributed by atoms with van der Waals surface area (Å²) in [6.07, 6.45) is 0.294. The third-order valence-electron chi connectivity index (χ3n) is 3.68. The number of likely N-dealkylation sites (N-methyl/N-ethyl adjacent to an activating group) is 1. The van der Waals surface area contributed by atoms with Gasteiger partial charge in [0.25, 0.3) is 0 Å². The van der Waals surface area contributed by atoms with Gasteiger partial charge in [-0.05, 0) is 39.6 Å². The van der Waals surface area contributed by atoms with Crippen molar-refractivity contribution in [1.29, 1.82) is 0 Å². The smallest absolute Gasteiger partial charge is 0.131 e. The standard InChI is InChI=1S/C14H21FN2O/c1-10(18)14-12(15)5-4-6-13(14)17-8-7-11(9-17)16(2)3/h4-6,10-11,18H,7-9H2,1-3H3/t10-,11?/m1/s1. The Morgan fingerprint density at radius 3 is 2.72 bits per heavy atom. The van der Waals surface area contributed by atoms with Gasteiger partial charge < -0.3 is 14.9 Å². The van der Waals surface area contributed by atoms with Crippen molar-refractivity contribution in [3.05, 3.63) is 29.6 Å². The van der Waals surface area contributed by atoms with Gasteiger partial charge in [0.1, 0.15) is 5.82 Å². The van der Waals surface area contributed by atoms with Crippen LogP contribution in [-0.2, 0) is 0 Å². The maximum Gasteiger partial charge on any atom is 0.131 e. The number of benzene rings is 1. The van der Waals surface area contributed by atoms with Crippen LogP contribution in [0.1, 0.15) is 25.0 Å². The van der Waals surface area contributed by atoms with Crippen molar-refractivity contribution >= 4 is 5.69 Å². The van der Waals surface area contributed by atoms with Gasteiger partial charge in [-0.2, -0.15) is 0 Å². The molecule has 1 unspecified atom stereocenters. The molecule has 0 radical (unpaired) electrons. The van der Waals surface area contributed by atoms with E-state index in [0.717, 1.165) is 25.2 Å². The zero-order valence-corrected chi connectivity index (χ0v) is 11.2. The Labute approximate surface area is 108 Å². The Hall–Kier alpha value is -1.13. The van der Waals surface area contributed by atoms with Crippen molar-refractivity contribution in [2.24, 2.45) is 0 Å². The fourth-order valence-corrected chi connectivity index (χ4v) is 2.60. The van der Waals surface area contributed by atoms with E-state index < -0.39 is 6.10 Å². The highest BCUT2D eigenvalue weighted by atomic mass is 19.1. The maximum absolute atomic E-state index is 13.8. The Morgan fingerprint density at radius 1 is 1.44 bits per heavy atom. The zero-order valence-electron chi connectivity index (χ0n) is 11.2. The molecule has 0 saturated carbocycles. The molecule has 1 aliphatic heterocycles. The number of aliphatic hydroxyl groups excluding tert-OH is 1. The second kappa shape index (κ2) is 5.24. The SMILES string of the molecule is C[C@@H](O)c1c(F)cccc1N1CCC(N(C)C)C1. The third kappa shape index (κ3) is 2.49. The molecule has 0 spiro atoms. The lowest BCUT2D eigenvalue weighted by molar-refractivity contribution is 0.194. The van der Waals surface area contributed by atoms with Gasteiger partial charge in [-0.3, -0.25) is 0 Å². The molecule has 1 aromatic carbocycles. The molecule has 1 aliphatic rings. The zero-order chi connectivity index (χ0) is 13.3. The number of nitrogens with zero attached hydrogens (tertiary/aromatic N) is 2. The van der Waals surface area contributed by atoms with Gasteiger partial charge in [0.05, 0.1) is 6.10 Å². The van der Waals surface area contributed by atoms with Crippen LogP contribution >= 0.6 is 0 Å². The predicted octanol–water partition coefficient (Wildman–Crippen LogP) is 2.02. The summed E-state index contributed by atoms with van der Waals surface area (Å²) in [5, 5.41) is 9.74. The molecule has 4 heteroatoms. The monoisotopic (exact) mass is 252 g/mol. The largest absolute Gasteiger partial charge is 0.389 e. The molecule has 18 heavy (non-hydrogen) atoms. The second-order valence-corrected chi connectivity index (χ2v) is 5.20. The normalized spacial score (nSPS) is 21.7. The molecule has 1 aromatic rings. The van der Waals surface area contributed by atoms with Gasteiger partial charge in [-0.25, -0.2) is 4.39 Å². The highest BCUT2D eigenvalue weighted by Crippen LogP contribution is 2.31. The molecular weight excluding hydrogens is 231 g/mol. The minimum atomic E-state index is -0.778. The number of halogens is 1. The average molecular weight is 252 g/mol.